The molecular formula is C11H15ClIN. The third-order valence-corrected chi connectivity index (χ3v) is 3.13. The van der Waals surface area contributed by atoms with Crippen LogP contribution in [0.15, 0.2) is 18.2 Å². The van der Waals surface area contributed by atoms with Gasteiger partial charge in [0, 0.05) is 9.45 Å². The predicted molar refractivity (Wildman–Crippen MR) is 71.5 cm³/mol. The van der Waals surface area contributed by atoms with E-state index in [-0.39, 0.29) is 0 Å². The molecule has 0 heterocycles. The first-order valence-corrected chi connectivity index (χ1v) is 6.63. The Bertz CT molecular complexity index is 301. The minimum absolute atomic E-state index is 0.395. The normalized spacial score (nSPS) is 12.9. The molecule has 0 fully saturated rings. The van der Waals surface area contributed by atoms with Crippen LogP contribution in [-0.4, -0.2) is 11.0 Å². The third kappa shape index (κ3) is 3.11. The van der Waals surface area contributed by atoms with Gasteiger partial charge in [0.15, 0.2) is 0 Å². The lowest BCUT2D eigenvalue weighted by Gasteiger charge is -2.14. The maximum absolute atomic E-state index is 5.98. The van der Waals surface area contributed by atoms with E-state index in [0.717, 1.165) is 15.9 Å². The van der Waals surface area contributed by atoms with E-state index in [0.29, 0.717) is 12.5 Å². The van der Waals surface area contributed by atoms with Crippen LogP contribution in [0.25, 0.3) is 0 Å². The molecule has 0 saturated carbocycles. The Morgan fingerprint density at radius 2 is 2.21 bits per heavy atom. The number of nitrogens with two attached hydrogens (primary N) is 1. The number of aryl methyl sites for hydroxylation is 1. The molecule has 0 unspecified atom stereocenters. The number of hydrogen-bond acceptors (Lipinski definition) is 1. The van der Waals surface area contributed by atoms with Crippen LogP contribution in [0.4, 0.5) is 0 Å². The minimum Gasteiger partial charge on any atom is -0.330 e. The second-order valence-corrected chi connectivity index (χ2v) is 4.93. The van der Waals surface area contributed by atoms with Gasteiger partial charge in [-0.05, 0) is 42.1 Å². The van der Waals surface area contributed by atoms with Crippen LogP contribution in [0, 0.1) is 0 Å². The van der Waals surface area contributed by atoms with E-state index in [2.05, 4.69) is 35.6 Å². The number of rotatable bonds is 4. The van der Waals surface area contributed by atoms with Crippen molar-refractivity contribution in [3.05, 3.63) is 34.3 Å². The van der Waals surface area contributed by atoms with Crippen LogP contribution in [-0.2, 0) is 6.42 Å². The summed E-state index contributed by atoms with van der Waals surface area (Å²) in [5, 5.41) is 0.803. The molecule has 0 aliphatic rings. The maximum Gasteiger partial charge on any atom is 0.0409 e. The summed E-state index contributed by atoms with van der Waals surface area (Å²) in [4.78, 5) is 0. The molecule has 0 aromatic heterocycles. The highest BCUT2D eigenvalue weighted by atomic mass is 127. The van der Waals surface area contributed by atoms with Crippen molar-refractivity contribution in [1.82, 2.24) is 0 Å². The molecule has 0 amide bonds. The summed E-state index contributed by atoms with van der Waals surface area (Å²) < 4.78 is 1.13. The summed E-state index contributed by atoms with van der Waals surface area (Å²) in [5.41, 5.74) is 8.35. The summed E-state index contributed by atoms with van der Waals surface area (Å²) in [5.74, 6) is 0.395. The van der Waals surface area contributed by atoms with Gasteiger partial charge in [0.05, 0.1) is 0 Å². The van der Waals surface area contributed by atoms with Crippen LogP contribution in [0.3, 0.4) is 0 Å². The predicted octanol–water partition coefficient (Wildman–Crippen LogP) is 3.38. The lowest BCUT2D eigenvalue weighted by atomic mass is 9.94. The first-order chi connectivity index (χ1) is 6.69. The summed E-state index contributed by atoms with van der Waals surface area (Å²) in [6.45, 7) is 2.82. The Morgan fingerprint density at radius 3 is 2.79 bits per heavy atom. The Balaban J connectivity index is 3.02. The largest absolute Gasteiger partial charge is 0.330 e. The van der Waals surface area contributed by atoms with Crippen molar-refractivity contribution in [2.24, 2.45) is 5.73 Å². The van der Waals surface area contributed by atoms with E-state index in [4.69, 9.17) is 17.3 Å². The van der Waals surface area contributed by atoms with Crippen molar-refractivity contribution >= 4 is 34.2 Å². The van der Waals surface area contributed by atoms with Gasteiger partial charge in [-0.3, -0.25) is 0 Å². The third-order valence-electron chi connectivity index (χ3n) is 2.36. The zero-order chi connectivity index (χ0) is 10.6. The molecule has 3 heteroatoms. The quantitative estimate of drug-likeness (QED) is 0.667. The molecular weight excluding hydrogens is 308 g/mol. The molecule has 1 rings (SSSR count). The molecule has 1 nitrogen and oxygen atoms in total. The van der Waals surface area contributed by atoms with E-state index in [9.17, 15) is 0 Å². The first kappa shape index (κ1) is 12.3. The van der Waals surface area contributed by atoms with Crippen molar-refractivity contribution in [3.8, 4) is 0 Å². The zero-order valence-electron chi connectivity index (χ0n) is 8.26. The van der Waals surface area contributed by atoms with E-state index in [1.165, 1.54) is 11.1 Å². The summed E-state index contributed by atoms with van der Waals surface area (Å²) in [6, 6.07) is 6.11. The average Bonchev–Trinajstić information content (AvgIpc) is 2.20. The van der Waals surface area contributed by atoms with Gasteiger partial charge in [0.1, 0.15) is 0 Å². The minimum atomic E-state index is 0.395. The Kier molecular flexibility index (Phi) is 5.20. The number of benzene rings is 1. The fraction of sp³-hybridized carbons (Fsp3) is 0.455. The molecule has 14 heavy (non-hydrogen) atoms. The molecule has 0 bridgehead atoms. The number of hydrogen-bond donors (Lipinski definition) is 1. The van der Waals surface area contributed by atoms with Gasteiger partial charge in [0.2, 0.25) is 0 Å². The van der Waals surface area contributed by atoms with Crippen molar-refractivity contribution in [2.45, 2.75) is 19.3 Å². The molecule has 78 valence electrons. The lowest BCUT2D eigenvalue weighted by molar-refractivity contribution is 0.763. The Labute approximate surface area is 104 Å². The van der Waals surface area contributed by atoms with Crippen LogP contribution >= 0.6 is 34.2 Å². The molecule has 0 radical (unpaired) electrons. The van der Waals surface area contributed by atoms with Crippen molar-refractivity contribution in [3.63, 3.8) is 0 Å². The van der Waals surface area contributed by atoms with Gasteiger partial charge in [0.25, 0.3) is 0 Å². The smallest absolute Gasteiger partial charge is 0.0409 e. The maximum atomic E-state index is 5.98. The van der Waals surface area contributed by atoms with Crippen LogP contribution in [0.1, 0.15) is 24.0 Å². The Hall–Kier alpha value is 0.200. The Morgan fingerprint density at radius 1 is 1.50 bits per heavy atom. The molecule has 1 atom stereocenters. The average molecular weight is 324 g/mol. The topological polar surface area (TPSA) is 26.0 Å². The fourth-order valence-corrected chi connectivity index (χ4v) is 2.24. The van der Waals surface area contributed by atoms with E-state index >= 15 is 0 Å². The molecule has 1 aromatic carbocycles. The van der Waals surface area contributed by atoms with Crippen molar-refractivity contribution in [2.75, 3.05) is 11.0 Å². The lowest BCUT2D eigenvalue weighted by Crippen LogP contribution is -2.11. The van der Waals surface area contributed by atoms with E-state index in [1.54, 1.807) is 0 Å². The highest BCUT2D eigenvalue weighted by Gasteiger charge is 2.09. The van der Waals surface area contributed by atoms with Gasteiger partial charge in [-0.1, -0.05) is 47.2 Å². The molecule has 0 saturated heterocycles. The van der Waals surface area contributed by atoms with Gasteiger partial charge in [-0.25, -0.2) is 0 Å². The molecule has 0 aliphatic carbocycles. The summed E-state index contributed by atoms with van der Waals surface area (Å²) in [7, 11) is 0. The molecule has 1 aromatic rings. The van der Waals surface area contributed by atoms with E-state index in [1.807, 2.05) is 12.1 Å². The van der Waals surface area contributed by atoms with E-state index < -0.39 is 0 Å². The highest BCUT2D eigenvalue weighted by Crippen LogP contribution is 2.24. The zero-order valence-corrected chi connectivity index (χ0v) is 11.2. The number of halogens is 2. The summed E-state index contributed by atoms with van der Waals surface area (Å²) in [6.07, 6.45) is 1.09. The van der Waals surface area contributed by atoms with Gasteiger partial charge in [-0.15, -0.1) is 0 Å². The van der Waals surface area contributed by atoms with Gasteiger partial charge in [-0.2, -0.15) is 0 Å². The first-order valence-electron chi connectivity index (χ1n) is 4.73. The van der Waals surface area contributed by atoms with Crippen LogP contribution in [0.2, 0.25) is 5.02 Å². The monoisotopic (exact) mass is 323 g/mol. The van der Waals surface area contributed by atoms with Crippen molar-refractivity contribution < 1.29 is 0 Å². The molecule has 0 aliphatic heterocycles. The standard InChI is InChI=1S/C11H15ClIN/c1-8(7-14)11-6-10(12)3-2-9(11)4-5-13/h2-3,6,8H,4-5,7,14H2,1H3/t8-/m0/s1. The van der Waals surface area contributed by atoms with Gasteiger partial charge >= 0.3 is 0 Å². The second-order valence-electron chi connectivity index (χ2n) is 3.42. The van der Waals surface area contributed by atoms with Gasteiger partial charge < -0.3 is 5.73 Å². The summed E-state index contributed by atoms with van der Waals surface area (Å²) >= 11 is 8.36. The van der Waals surface area contributed by atoms with Crippen LogP contribution < -0.4 is 5.73 Å². The SMILES string of the molecule is C[C@@H](CN)c1cc(Cl)ccc1CCI. The molecule has 0 spiro atoms. The fourth-order valence-electron chi connectivity index (χ4n) is 1.48. The van der Waals surface area contributed by atoms with Crippen LogP contribution in [0.5, 0.6) is 0 Å². The molecule has 2 N–H and O–H groups in total. The van der Waals surface area contributed by atoms with Crippen molar-refractivity contribution in [1.29, 1.82) is 0 Å². The number of alkyl halides is 1. The highest BCUT2D eigenvalue weighted by molar-refractivity contribution is 14.1. The second kappa shape index (κ2) is 5.93.